The van der Waals surface area contributed by atoms with E-state index in [9.17, 15) is 4.79 Å². The van der Waals surface area contributed by atoms with Gasteiger partial charge in [0.15, 0.2) is 5.78 Å². The molecule has 1 fully saturated rings. The first kappa shape index (κ1) is 14.0. The van der Waals surface area contributed by atoms with Crippen LogP contribution in [0.2, 0.25) is 4.34 Å². The highest BCUT2D eigenvalue weighted by molar-refractivity contribution is 7.18. The molecule has 2 nitrogen and oxygen atoms in total. The zero-order chi connectivity index (χ0) is 13.2. The van der Waals surface area contributed by atoms with E-state index >= 15 is 0 Å². The first-order chi connectivity index (χ1) is 8.64. The largest absolute Gasteiger partial charge is 0.291 e. The normalized spacial score (nSPS) is 17.3. The minimum absolute atomic E-state index is 0.256. The third-order valence-corrected chi connectivity index (χ3v) is 5.33. The lowest BCUT2D eigenvalue weighted by molar-refractivity contribution is 0.0586. The molecule has 100 valence electrons. The summed E-state index contributed by atoms with van der Waals surface area (Å²) in [5, 5.41) is 0. The van der Waals surface area contributed by atoms with Gasteiger partial charge in [0.25, 0.3) is 0 Å². The number of carbonyl (C=O) groups is 1. The molecule has 0 amide bonds. The predicted octanol–water partition coefficient (Wildman–Crippen LogP) is 4.24. The monoisotopic (exact) mass is 285 g/mol. The summed E-state index contributed by atoms with van der Waals surface area (Å²) in [7, 11) is 0. The number of ketones is 1. The van der Waals surface area contributed by atoms with Gasteiger partial charge < -0.3 is 0 Å². The quantitative estimate of drug-likeness (QED) is 0.754. The molecule has 18 heavy (non-hydrogen) atoms. The molecule has 1 saturated heterocycles. The van der Waals surface area contributed by atoms with Gasteiger partial charge in [-0.2, -0.15) is 0 Å². The summed E-state index contributed by atoms with van der Waals surface area (Å²) >= 11 is 7.35. The number of hydrogen-bond acceptors (Lipinski definition) is 3. The summed E-state index contributed by atoms with van der Waals surface area (Å²) in [4.78, 5) is 16.0. The van der Waals surface area contributed by atoms with E-state index in [1.54, 1.807) is 0 Å². The van der Waals surface area contributed by atoms with Crippen LogP contribution >= 0.6 is 22.9 Å². The maximum atomic E-state index is 12.8. The Morgan fingerprint density at radius 3 is 2.39 bits per heavy atom. The van der Waals surface area contributed by atoms with Crippen LogP contribution in [0.1, 0.15) is 49.2 Å². The lowest BCUT2D eigenvalue weighted by Gasteiger charge is -2.39. The summed E-state index contributed by atoms with van der Waals surface area (Å²) in [5.41, 5.74) is -0.315. The van der Waals surface area contributed by atoms with Crippen LogP contribution in [0, 0.1) is 0 Å². The van der Waals surface area contributed by atoms with Crippen LogP contribution in [0.15, 0.2) is 12.1 Å². The van der Waals surface area contributed by atoms with E-state index in [0.29, 0.717) is 4.34 Å². The van der Waals surface area contributed by atoms with Gasteiger partial charge in [-0.05, 0) is 50.9 Å². The Balaban J connectivity index is 2.31. The molecule has 2 heterocycles. The number of halogens is 1. The Morgan fingerprint density at radius 2 is 1.94 bits per heavy atom. The predicted molar refractivity (Wildman–Crippen MR) is 77.8 cm³/mol. The first-order valence-electron chi connectivity index (χ1n) is 6.69. The number of carbonyl (C=O) groups excluding carboxylic acids is 1. The van der Waals surface area contributed by atoms with Crippen LogP contribution in [0.5, 0.6) is 0 Å². The molecule has 0 aliphatic carbocycles. The number of thiophene rings is 1. The van der Waals surface area contributed by atoms with Crippen molar-refractivity contribution in [1.29, 1.82) is 0 Å². The minimum Gasteiger partial charge on any atom is -0.291 e. The highest BCUT2D eigenvalue weighted by Gasteiger charge is 2.42. The minimum atomic E-state index is -0.315. The maximum absolute atomic E-state index is 12.8. The van der Waals surface area contributed by atoms with E-state index in [1.165, 1.54) is 24.2 Å². The second kappa shape index (κ2) is 5.72. The number of Topliss-reactive ketones (excluding diaryl/α,β-unsaturated/α-hetero) is 1. The van der Waals surface area contributed by atoms with Crippen molar-refractivity contribution in [3.05, 3.63) is 21.3 Å². The summed E-state index contributed by atoms with van der Waals surface area (Å²) in [6.45, 7) is 6.34. The molecule has 1 aliphatic heterocycles. The Hall–Kier alpha value is -0.380. The molecule has 1 aromatic heterocycles. The van der Waals surface area contributed by atoms with E-state index in [1.807, 2.05) is 12.1 Å². The molecule has 2 rings (SSSR count). The third kappa shape index (κ3) is 2.36. The van der Waals surface area contributed by atoms with Gasteiger partial charge in [0.2, 0.25) is 0 Å². The Morgan fingerprint density at radius 1 is 1.33 bits per heavy atom. The Kier molecular flexibility index (Phi) is 4.46. The van der Waals surface area contributed by atoms with E-state index in [0.717, 1.165) is 30.8 Å². The van der Waals surface area contributed by atoms with Crippen LogP contribution in [-0.2, 0) is 0 Å². The molecule has 1 aliphatic rings. The van der Waals surface area contributed by atoms with Crippen molar-refractivity contribution in [2.45, 2.75) is 45.1 Å². The van der Waals surface area contributed by atoms with Gasteiger partial charge in [0.1, 0.15) is 0 Å². The zero-order valence-electron chi connectivity index (χ0n) is 11.0. The molecule has 0 radical (unpaired) electrons. The van der Waals surface area contributed by atoms with Crippen molar-refractivity contribution in [1.82, 2.24) is 4.90 Å². The lowest BCUT2D eigenvalue weighted by atomic mass is 9.85. The van der Waals surface area contributed by atoms with Crippen molar-refractivity contribution >= 4 is 28.7 Å². The van der Waals surface area contributed by atoms with E-state index in [2.05, 4.69) is 18.7 Å². The highest BCUT2D eigenvalue weighted by Crippen LogP contribution is 2.34. The average Bonchev–Trinajstić information content (AvgIpc) is 3.03. The van der Waals surface area contributed by atoms with Crippen molar-refractivity contribution in [2.24, 2.45) is 0 Å². The van der Waals surface area contributed by atoms with Crippen LogP contribution in [0.3, 0.4) is 0 Å². The third-order valence-electron chi connectivity index (χ3n) is 4.10. The molecule has 0 atom stereocenters. The average molecular weight is 286 g/mol. The fraction of sp³-hybridized carbons (Fsp3) is 0.643. The second-order valence-corrected chi connectivity index (χ2v) is 6.58. The van der Waals surface area contributed by atoms with Crippen LogP contribution in [0.4, 0.5) is 0 Å². The Bertz CT molecular complexity index is 419. The van der Waals surface area contributed by atoms with Gasteiger partial charge in [-0.1, -0.05) is 25.4 Å². The van der Waals surface area contributed by atoms with Gasteiger partial charge in [0.05, 0.1) is 14.8 Å². The van der Waals surface area contributed by atoms with Gasteiger partial charge in [-0.3, -0.25) is 9.69 Å². The van der Waals surface area contributed by atoms with Crippen molar-refractivity contribution < 1.29 is 4.79 Å². The topological polar surface area (TPSA) is 20.3 Å². The lowest BCUT2D eigenvalue weighted by Crippen LogP contribution is -2.52. The molecule has 0 spiro atoms. The summed E-state index contributed by atoms with van der Waals surface area (Å²) < 4.78 is 0.695. The summed E-state index contributed by atoms with van der Waals surface area (Å²) in [5.74, 6) is 0.256. The van der Waals surface area contributed by atoms with E-state index < -0.39 is 0 Å². The van der Waals surface area contributed by atoms with E-state index in [4.69, 9.17) is 11.6 Å². The molecule has 0 bridgehead atoms. The summed E-state index contributed by atoms with van der Waals surface area (Å²) in [6, 6.07) is 3.69. The number of hydrogen-bond donors (Lipinski definition) is 0. The van der Waals surface area contributed by atoms with Gasteiger partial charge in [-0.25, -0.2) is 0 Å². The number of likely N-dealkylation sites (tertiary alicyclic amines) is 1. The molecule has 0 saturated carbocycles. The molecule has 0 unspecified atom stereocenters. The smallest absolute Gasteiger partial charge is 0.192 e. The molecule has 4 heteroatoms. The molecular weight excluding hydrogens is 266 g/mol. The first-order valence-corrected chi connectivity index (χ1v) is 7.88. The molecule has 1 aromatic rings. The SMILES string of the molecule is CCC(CC)(C(=O)c1ccc(Cl)s1)N1CCCC1. The Labute approximate surface area is 118 Å². The summed E-state index contributed by atoms with van der Waals surface area (Å²) in [6.07, 6.45) is 4.16. The fourth-order valence-corrected chi connectivity index (χ4v) is 4.05. The molecule has 0 N–H and O–H groups in total. The fourth-order valence-electron chi connectivity index (χ4n) is 2.97. The van der Waals surface area contributed by atoms with E-state index in [-0.39, 0.29) is 11.3 Å². The highest BCUT2D eigenvalue weighted by atomic mass is 35.5. The van der Waals surface area contributed by atoms with Crippen LogP contribution in [-0.4, -0.2) is 29.3 Å². The van der Waals surface area contributed by atoms with Crippen molar-refractivity contribution in [3.63, 3.8) is 0 Å². The van der Waals surface area contributed by atoms with Gasteiger partial charge >= 0.3 is 0 Å². The van der Waals surface area contributed by atoms with Gasteiger partial charge in [-0.15, -0.1) is 11.3 Å². The zero-order valence-corrected chi connectivity index (χ0v) is 12.6. The van der Waals surface area contributed by atoms with Crippen LogP contribution in [0.25, 0.3) is 0 Å². The van der Waals surface area contributed by atoms with Crippen molar-refractivity contribution in [2.75, 3.05) is 13.1 Å². The number of nitrogens with zero attached hydrogens (tertiary/aromatic N) is 1. The van der Waals surface area contributed by atoms with Crippen LogP contribution < -0.4 is 0 Å². The number of rotatable bonds is 5. The maximum Gasteiger partial charge on any atom is 0.192 e. The molecule has 0 aromatic carbocycles. The standard InChI is InChI=1S/C14H20ClNOS/c1-3-14(4-2,16-9-5-6-10-16)13(17)11-7-8-12(15)18-11/h7-8H,3-6,9-10H2,1-2H3. The second-order valence-electron chi connectivity index (χ2n) is 4.87. The van der Waals surface area contributed by atoms with Crippen molar-refractivity contribution in [3.8, 4) is 0 Å². The van der Waals surface area contributed by atoms with Gasteiger partial charge in [0, 0.05) is 0 Å². The molecular formula is C14H20ClNOS.